The number of carbonyl (C=O) groups excluding carboxylic acids is 1. The SMILES string of the molecule is Cc1ccc(NC(=O)c2nn(-c3ccc(Br)cc3)c(=O)cc2O)c(C)c1. The Morgan fingerprint density at radius 2 is 1.81 bits per heavy atom. The first-order valence-electron chi connectivity index (χ1n) is 7.83. The minimum Gasteiger partial charge on any atom is -0.505 e. The van der Waals surface area contributed by atoms with Gasteiger partial charge in [0.1, 0.15) is 0 Å². The lowest BCUT2D eigenvalue weighted by Crippen LogP contribution is -2.25. The molecular weight excluding hydrogens is 398 g/mol. The lowest BCUT2D eigenvalue weighted by Gasteiger charge is -2.11. The number of nitrogens with one attached hydrogen (secondary N) is 1. The van der Waals surface area contributed by atoms with E-state index in [2.05, 4.69) is 26.3 Å². The van der Waals surface area contributed by atoms with Crippen molar-refractivity contribution < 1.29 is 9.90 Å². The number of anilines is 1. The summed E-state index contributed by atoms with van der Waals surface area (Å²) in [5, 5.41) is 16.8. The number of hydrogen-bond acceptors (Lipinski definition) is 4. The van der Waals surface area contributed by atoms with Crippen LogP contribution in [-0.2, 0) is 0 Å². The van der Waals surface area contributed by atoms with Gasteiger partial charge in [-0.25, -0.2) is 0 Å². The lowest BCUT2D eigenvalue weighted by molar-refractivity contribution is 0.101. The Morgan fingerprint density at radius 3 is 2.46 bits per heavy atom. The lowest BCUT2D eigenvalue weighted by atomic mass is 10.1. The highest BCUT2D eigenvalue weighted by atomic mass is 79.9. The number of carbonyl (C=O) groups is 1. The van der Waals surface area contributed by atoms with Crippen LogP contribution in [0.1, 0.15) is 21.6 Å². The zero-order chi connectivity index (χ0) is 18.8. The van der Waals surface area contributed by atoms with Crippen molar-refractivity contribution in [2.75, 3.05) is 5.32 Å². The molecule has 0 aliphatic rings. The van der Waals surface area contributed by atoms with E-state index in [4.69, 9.17) is 0 Å². The molecule has 0 bridgehead atoms. The Bertz CT molecular complexity index is 1040. The van der Waals surface area contributed by atoms with E-state index >= 15 is 0 Å². The molecule has 0 aliphatic carbocycles. The number of nitrogens with zero attached hydrogens (tertiary/aromatic N) is 2. The van der Waals surface area contributed by atoms with Gasteiger partial charge in [-0.15, -0.1) is 0 Å². The third-order valence-electron chi connectivity index (χ3n) is 3.83. The Kier molecular flexibility index (Phi) is 4.90. The molecule has 0 aliphatic heterocycles. The summed E-state index contributed by atoms with van der Waals surface area (Å²) >= 11 is 3.32. The third kappa shape index (κ3) is 3.67. The maximum Gasteiger partial charge on any atom is 0.279 e. The van der Waals surface area contributed by atoms with Gasteiger partial charge in [0, 0.05) is 16.2 Å². The van der Waals surface area contributed by atoms with Gasteiger partial charge in [-0.05, 0) is 49.7 Å². The number of aryl methyl sites for hydroxylation is 2. The summed E-state index contributed by atoms with van der Waals surface area (Å²) < 4.78 is 1.92. The third-order valence-corrected chi connectivity index (χ3v) is 4.36. The molecule has 3 rings (SSSR count). The molecule has 1 heterocycles. The largest absolute Gasteiger partial charge is 0.505 e. The summed E-state index contributed by atoms with van der Waals surface area (Å²) in [6.45, 7) is 3.83. The molecule has 0 unspecified atom stereocenters. The van der Waals surface area contributed by atoms with Crippen LogP contribution in [0.4, 0.5) is 5.69 Å². The van der Waals surface area contributed by atoms with Crippen LogP contribution in [-0.4, -0.2) is 20.8 Å². The molecule has 0 atom stereocenters. The van der Waals surface area contributed by atoms with Gasteiger partial charge in [0.15, 0.2) is 11.4 Å². The van der Waals surface area contributed by atoms with Gasteiger partial charge in [0.05, 0.1) is 5.69 Å². The summed E-state index contributed by atoms with van der Waals surface area (Å²) in [6, 6.07) is 13.4. The molecule has 0 saturated heterocycles. The quantitative estimate of drug-likeness (QED) is 0.687. The van der Waals surface area contributed by atoms with Crippen LogP contribution in [0.2, 0.25) is 0 Å². The molecule has 0 fully saturated rings. The normalized spacial score (nSPS) is 10.6. The minimum atomic E-state index is -0.597. The number of amides is 1. The van der Waals surface area contributed by atoms with Gasteiger partial charge in [0.2, 0.25) is 0 Å². The maximum absolute atomic E-state index is 12.6. The van der Waals surface area contributed by atoms with E-state index in [9.17, 15) is 14.7 Å². The topological polar surface area (TPSA) is 84.2 Å². The van der Waals surface area contributed by atoms with Crippen molar-refractivity contribution in [3.8, 4) is 11.4 Å². The molecule has 7 heteroatoms. The van der Waals surface area contributed by atoms with Gasteiger partial charge in [0.25, 0.3) is 11.5 Å². The van der Waals surface area contributed by atoms with Crippen molar-refractivity contribution in [3.05, 3.63) is 80.2 Å². The second kappa shape index (κ2) is 7.13. The monoisotopic (exact) mass is 413 g/mol. The number of aromatic nitrogens is 2. The van der Waals surface area contributed by atoms with E-state index in [0.717, 1.165) is 26.3 Å². The Morgan fingerprint density at radius 1 is 1.12 bits per heavy atom. The van der Waals surface area contributed by atoms with E-state index in [1.54, 1.807) is 30.3 Å². The van der Waals surface area contributed by atoms with Crippen LogP contribution in [0.15, 0.2) is 57.8 Å². The molecule has 0 radical (unpaired) electrons. The van der Waals surface area contributed by atoms with Crippen LogP contribution in [0, 0.1) is 13.8 Å². The second-order valence-corrected chi connectivity index (χ2v) is 6.79. The van der Waals surface area contributed by atoms with Crippen molar-refractivity contribution in [1.82, 2.24) is 9.78 Å². The van der Waals surface area contributed by atoms with E-state index in [1.165, 1.54) is 0 Å². The Balaban J connectivity index is 1.99. The molecular formula is C19H16BrN3O3. The van der Waals surface area contributed by atoms with Crippen LogP contribution in [0.5, 0.6) is 5.75 Å². The zero-order valence-corrected chi connectivity index (χ0v) is 15.7. The predicted octanol–water partition coefficient (Wildman–Crippen LogP) is 3.57. The van der Waals surface area contributed by atoms with Crippen LogP contribution in [0.3, 0.4) is 0 Å². The van der Waals surface area contributed by atoms with Crippen molar-refractivity contribution in [3.63, 3.8) is 0 Å². The summed E-state index contributed by atoms with van der Waals surface area (Å²) in [4.78, 5) is 24.7. The number of benzene rings is 2. The number of hydrogen-bond donors (Lipinski definition) is 2. The average Bonchev–Trinajstić information content (AvgIpc) is 2.58. The first-order chi connectivity index (χ1) is 12.3. The fourth-order valence-corrected chi connectivity index (χ4v) is 2.78. The van der Waals surface area contributed by atoms with Crippen molar-refractivity contribution >= 4 is 27.5 Å². The highest BCUT2D eigenvalue weighted by Gasteiger charge is 2.17. The highest BCUT2D eigenvalue weighted by molar-refractivity contribution is 9.10. The second-order valence-electron chi connectivity index (χ2n) is 5.88. The Labute approximate surface area is 158 Å². The summed E-state index contributed by atoms with van der Waals surface area (Å²) in [6.07, 6.45) is 0. The summed E-state index contributed by atoms with van der Waals surface area (Å²) in [5.41, 5.74) is 2.30. The van der Waals surface area contributed by atoms with E-state index in [1.807, 2.05) is 26.0 Å². The summed E-state index contributed by atoms with van der Waals surface area (Å²) in [5.74, 6) is -1.06. The molecule has 2 aromatic carbocycles. The zero-order valence-electron chi connectivity index (χ0n) is 14.2. The fraction of sp³-hybridized carbons (Fsp3) is 0.105. The van der Waals surface area contributed by atoms with E-state index < -0.39 is 17.2 Å². The van der Waals surface area contributed by atoms with Gasteiger partial charge in [-0.1, -0.05) is 33.6 Å². The van der Waals surface area contributed by atoms with Gasteiger partial charge >= 0.3 is 0 Å². The van der Waals surface area contributed by atoms with E-state index in [0.29, 0.717) is 11.4 Å². The highest BCUT2D eigenvalue weighted by Crippen LogP contribution is 2.19. The number of aromatic hydroxyl groups is 1. The molecule has 26 heavy (non-hydrogen) atoms. The standard InChI is InChI=1S/C19H16BrN3O3/c1-11-3-8-15(12(2)9-11)21-19(26)18-16(24)10-17(25)23(22-18)14-6-4-13(20)5-7-14/h3-10,24H,1-2H3,(H,21,26). The average molecular weight is 414 g/mol. The van der Waals surface area contributed by atoms with Gasteiger partial charge in [-0.3, -0.25) is 9.59 Å². The number of halogens is 1. The fourth-order valence-electron chi connectivity index (χ4n) is 2.51. The van der Waals surface area contributed by atoms with Crippen molar-refractivity contribution in [1.29, 1.82) is 0 Å². The molecule has 0 saturated carbocycles. The molecule has 132 valence electrons. The van der Waals surface area contributed by atoms with Gasteiger partial charge < -0.3 is 10.4 Å². The number of rotatable bonds is 3. The first-order valence-corrected chi connectivity index (χ1v) is 8.62. The molecule has 2 N–H and O–H groups in total. The van der Waals surface area contributed by atoms with Crippen molar-refractivity contribution in [2.45, 2.75) is 13.8 Å². The summed E-state index contributed by atoms with van der Waals surface area (Å²) in [7, 11) is 0. The molecule has 6 nitrogen and oxygen atoms in total. The molecule has 1 amide bonds. The first kappa shape index (κ1) is 17.9. The maximum atomic E-state index is 12.6. The smallest absolute Gasteiger partial charge is 0.279 e. The van der Waals surface area contributed by atoms with Crippen molar-refractivity contribution in [2.24, 2.45) is 0 Å². The Hall–Kier alpha value is -2.93. The minimum absolute atomic E-state index is 0.229. The van der Waals surface area contributed by atoms with Crippen LogP contribution >= 0.6 is 15.9 Å². The molecule has 0 spiro atoms. The van der Waals surface area contributed by atoms with Gasteiger partial charge in [-0.2, -0.15) is 9.78 Å². The molecule has 1 aromatic heterocycles. The van der Waals surface area contributed by atoms with Crippen LogP contribution in [0.25, 0.3) is 5.69 Å². The van der Waals surface area contributed by atoms with E-state index in [-0.39, 0.29) is 5.69 Å². The molecule has 3 aromatic rings. The van der Waals surface area contributed by atoms with Crippen LogP contribution < -0.4 is 10.9 Å². The predicted molar refractivity (Wildman–Crippen MR) is 103 cm³/mol.